The Hall–Kier alpha value is -1.89. The van der Waals surface area contributed by atoms with Crippen LogP contribution in [0.15, 0.2) is 54.6 Å². The van der Waals surface area contributed by atoms with Gasteiger partial charge >= 0.3 is 0 Å². The first-order valence-electron chi connectivity index (χ1n) is 6.46. The van der Waals surface area contributed by atoms with Gasteiger partial charge in [-0.05, 0) is 29.0 Å². The molecular weight excluding hydrogens is 220 g/mol. The number of Topliss-reactive ketones (excluding diaryl/α,β-unsaturated/α-hetero) is 1. The topological polar surface area (TPSA) is 17.1 Å². The van der Waals surface area contributed by atoms with Crippen LogP contribution < -0.4 is 0 Å². The molecule has 1 aliphatic rings. The van der Waals surface area contributed by atoms with Gasteiger partial charge in [-0.25, -0.2) is 0 Å². The van der Waals surface area contributed by atoms with E-state index >= 15 is 0 Å². The first-order valence-corrected chi connectivity index (χ1v) is 6.46. The van der Waals surface area contributed by atoms with Gasteiger partial charge in [-0.3, -0.25) is 4.79 Å². The van der Waals surface area contributed by atoms with E-state index in [0.717, 1.165) is 6.42 Å². The molecule has 0 fully saturated rings. The molecule has 0 radical (unpaired) electrons. The molecule has 0 saturated heterocycles. The molecule has 1 unspecified atom stereocenters. The van der Waals surface area contributed by atoms with Crippen LogP contribution in [0.5, 0.6) is 0 Å². The smallest absolute Gasteiger partial charge is 0.137 e. The van der Waals surface area contributed by atoms with E-state index in [0.29, 0.717) is 24.5 Å². The minimum atomic E-state index is 0.352. The van der Waals surface area contributed by atoms with Crippen molar-refractivity contribution in [3.05, 3.63) is 71.3 Å². The van der Waals surface area contributed by atoms with Crippen molar-refractivity contribution < 1.29 is 4.79 Å². The molecule has 18 heavy (non-hydrogen) atoms. The number of hydrogen-bond acceptors (Lipinski definition) is 1. The highest BCUT2D eigenvalue weighted by molar-refractivity contribution is 5.84. The van der Waals surface area contributed by atoms with Crippen molar-refractivity contribution in [1.29, 1.82) is 0 Å². The molecule has 1 heteroatoms. The first kappa shape index (κ1) is 11.2. The first-order chi connectivity index (χ1) is 8.83. The lowest BCUT2D eigenvalue weighted by Crippen LogP contribution is -2.19. The molecule has 0 heterocycles. The Labute approximate surface area is 107 Å². The fraction of sp³-hybridized carbons (Fsp3) is 0.235. The van der Waals surface area contributed by atoms with Crippen molar-refractivity contribution in [2.24, 2.45) is 0 Å². The number of fused-ring (bicyclic) bond motifs is 1. The van der Waals surface area contributed by atoms with Gasteiger partial charge in [0.2, 0.25) is 0 Å². The molecule has 0 bridgehead atoms. The van der Waals surface area contributed by atoms with E-state index in [1.807, 2.05) is 12.1 Å². The average molecular weight is 236 g/mol. The van der Waals surface area contributed by atoms with Crippen molar-refractivity contribution in [1.82, 2.24) is 0 Å². The van der Waals surface area contributed by atoms with Crippen molar-refractivity contribution in [3.63, 3.8) is 0 Å². The number of hydrogen-bond donors (Lipinski definition) is 0. The second kappa shape index (κ2) is 4.77. The molecule has 1 nitrogen and oxygen atoms in total. The molecule has 0 aromatic heterocycles. The van der Waals surface area contributed by atoms with E-state index in [1.54, 1.807) is 0 Å². The molecule has 0 aliphatic heterocycles. The molecule has 0 N–H and O–H groups in total. The third kappa shape index (κ3) is 2.21. The summed E-state index contributed by atoms with van der Waals surface area (Å²) in [6.45, 7) is 0. The molecule has 2 aromatic rings. The highest BCUT2D eigenvalue weighted by Crippen LogP contribution is 2.32. The second-order valence-corrected chi connectivity index (χ2v) is 5.01. The number of carbonyl (C=O) groups excluding carboxylic acids is 1. The zero-order valence-electron chi connectivity index (χ0n) is 10.3. The van der Waals surface area contributed by atoms with Crippen LogP contribution in [0.3, 0.4) is 0 Å². The van der Waals surface area contributed by atoms with E-state index < -0.39 is 0 Å². The second-order valence-electron chi connectivity index (χ2n) is 5.01. The lowest BCUT2D eigenvalue weighted by atomic mass is 9.79. The van der Waals surface area contributed by atoms with Gasteiger partial charge in [0.1, 0.15) is 5.78 Å². The Kier molecular flexibility index (Phi) is 2.97. The normalized spacial score (nSPS) is 18.4. The Balaban J connectivity index is 1.91. The number of benzene rings is 2. The quantitative estimate of drug-likeness (QED) is 0.779. The standard InChI is InChI=1S/C17H16O/c18-16-11-14-8-4-5-9-17(14)15(12-16)10-13-6-2-1-3-7-13/h1-9,15H,10-12H2. The Bertz CT molecular complexity index is 557. The van der Waals surface area contributed by atoms with Crippen LogP contribution in [0.4, 0.5) is 0 Å². The van der Waals surface area contributed by atoms with E-state index in [9.17, 15) is 4.79 Å². The van der Waals surface area contributed by atoms with E-state index in [-0.39, 0.29) is 0 Å². The number of rotatable bonds is 2. The predicted molar refractivity (Wildman–Crippen MR) is 72.7 cm³/mol. The van der Waals surface area contributed by atoms with Crippen LogP contribution in [-0.2, 0) is 17.6 Å². The van der Waals surface area contributed by atoms with Crippen LogP contribution in [0.1, 0.15) is 29.0 Å². The summed E-state index contributed by atoms with van der Waals surface area (Å²) in [5, 5.41) is 0. The van der Waals surface area contributed by atoms with Crippen LogP contribution in [-0.4, -0.2) is 5.78 Å². The maximum Gasteiger partial charge on any atom is 0.137 e. The molecular formula is C17H16O. The molecule has 90 valence electrons. The lowest BCUT2D eigenvalue weighted by molar-refractivity contribution is -0.119. The minimum absolute atomic E-state index is 0.352. The van der Waals surface area contributed by atoms with Crippen LogP contribution in [0, 0.1) is 0 Å². The summed E-state index contributed by atoms with van der Waals surface area (Å²) in [6.07, 6.45) is 2.26. The van der Waals surface area contributed by atoms with Gasteiger partial charge in [-0.1, -0.05) is 54.6 Å². The van der Waals surface area contributed by atoms with Crippen LogP contribution >= 0.6 is 0 Å². The lowest BCUT2D eigenvalue weighted by Gasteiger charge is -2.24. The molecule has 1 atom stereocenters. The average Bonchev–Trinajstić information content (AvgIpc) is 2.40. The summed E-state index contributed by atoms with van der Waals surface area (Å²) in [7, 11) is 0. The molecule has 2 aromatic carbocycles. The fourth-order valence-corrected chi connectivity index (χ4v) is 2.84. The monoisotopic (exact) mass is 236 g/mol. The Morgan fingerprint density at radius 2 is 1.67 bits per heavy atom. The minimum Gasteiger partial charge on any atom is -0.299 e. The molecule has 0 spiro atoms. The van der Waals surface area contributed by atoms with E-state index in [1.165, 1.54) is 16.7 Å². The Morgan fingerprint density at radius 1 is 0.944 bits per heavy atom. The third-order valence-corrected chi connectivity index (χ3v) is 3.68. The number of carbonyl (C=O) groups is 1. The van der Waals surface area contributed by atoms with Gasteiger partial charge in [-0.15, -0.1) is 0 Å². The van der Waals surface area contributed by atoms with Gasteiger partial charge in [-0.2, -0.15) is 0 Å². The predicted octanol–water partition coefficient (Wildman–Crippen LogP) is 3.53. The van der Waals surface area contributed by atoms with E-state index in [2.05, 4.69) is 42.5 Å². The van der Waals surface area contributed by atoms with Gasteiger partial charge < -0.3 is 0 Å². The summed E-state index contributed by atoms with van der Waals surface area (Å²) in [5.41, 5.74) is 3.89. The van der Waals surface area contributed by atoms with Crippen molar-refractivity contribution in [2.45, 2.75) is 25.2 Å². The fourth-order valence-electron chi connectivity index (χ4n) is 2.84. The maximum absolute atomic E-state index is 11.8. The summed E-state index contributed by atoms with van der Waals surface area (Å²) in [4.78, 5) is 11.8. The third-order valence-electron chi connectivity index (χ3n) is 3.68. The maximum atomic E-state index is 11.8. The van der Waals surface area contributed by atoms with Gasteiger partial charge in [0.05, 0.1) is 0 Å². The van der Waals surface area contributed by atoms with Gasteiger partial charge in [0.25, 0.3) is 0 Å². The van der Waals surface area contributed by atoms with Crippen molar-refractivity contribution in [3.8, 4) is 0 Å². The molecule has 3 rings (SSSR count). The van der Waals surface area contributed by atoms with Crippen LogP contribution in [0.2, 0.25) is 0 Å². The van der Waals surface area contributed by atoms with Gasteiger partial charge in [0.15, 0.2) is 0 Å². The summed E-state index contributed by atoms with van der Waals surface area (Å²) >= 11 is 0. The molecule has 0 saturated carbocycles. The van der Waals surface area contributed by atoms with Gasteiger partial charge in [0, 0.05) is 12.8 Å². The highest BCUT2D eigenvalue weighted by Gasteiger charge is 2.24. The zero-order chi connectivity index (χ0) is 12.4. The van der Waals surface area contributed by atoms with Crippen molar-refractivity contribution in [2.75, 3.05) is 0 Å². The Morgan fingerprint density at radius 3 is 2.50 bits per heavy atom. The number of ketones is 1. The summed E-state index contributed by atoms with van der Waals surface area (Å²) in [6, 6.07) is 18.8. The summed E-state index contributed by atoms with van der Waals surface area (Å²) in [5.74, 6) is 0.722. The zero-order valence-corrected chi connectivity index (χ0v) is 10.3. The van der Waals surface area contributed by atoms with Crippen molar-refractivity contribution >= 4 is 5.78 Å². The molecule has 0 amide bonds. The highest BCUT2D eigenvalue weighted by atomic mass is 16.1. The molecule has 1 aliphatic carbocycles. The van der Waals surface area contributed by atoms with Crippen LogP contribution in [0.25, 0.3) is 0 Å². The largest absolute Gasteiger partial charge is 0.299 e. The summed E-state index contributed by atoms with van der Waals surface area (Å²) < 4.78 is 0. The SMILES string of the molecule is O=C1Cc2ccccc2C(Cc2ccccc2)C1. The van der Waals surface area contributed by atoms with E-state index in [4.69, 9.17) is 0 Å².